The first-order valence-electron chi connectivity index (χ1n) is 4.38. The van der Waals surface area contributed by atoms with Gasteiger partial charge in [-0.3, -0.25) is 4.98 Å². The smallest absolute Gasteiger partial charge is 0.341 e. The van der Waals surface area contributed by atoms with Crippen molar-refractivity contribution in [3.63, 3.8) is 0 Å². The molecule has 1 aromatic rings. The SMILES string of the molecule is COC(=O)c1cnccc1N=CN(C)C. The molecule has 0 aromatic carbocycles. The Morgan fingerprint density at radius 1 is 1.60 bits per heavy atom. The summed E-state index contributed by atoms with van der Waals surface area (Å²) in [5.41, 5.74) is 0.906. The van der Waals surface area contributed by atoms with E-state index in [9.17, 15) is 4.79 Å². The topological polar surface area (TPSA) is 54.8 Å². The highest BCUT2D eigenvalue weighted by molar-refractivity contribution is 5.94. The van der Waals surface area contributed by atoms with Gasteiger partial charge in [0.05, 0.1) is 19.1 Å². The van der Waals surface area contributed by atoms with Gasteiger partial charge in [-0.1, -0.05) is 0 Å². The zero-order valence-electron chi connectivity index (χ0n) is 8.97. The van der Waals surface area contributed by atoms with E-state index in [0.717, 1.165) is 0 Å². The zero-order valence-corrected chi connectivity index (χ0v) is 8.97. The highest BCUT2D eigenvalue weighted by atomic mass is 16.5. The Morgan fingerprint density at radius 3 is 2.93 bits per heavy atom. The van der Waals surface area contributed by atoms with Gasteiger partial charge < -0.3 is 9.64 Å². The molecule has 0 spiro atoms. The Balaban J connectivity index is 3.01. The van der Waals surface area contributed by atoms with E-state index >= 15 is 0 Å². The van der Waals surface area contributed by atoms with Gasteiger partial charge in [0.2, 0.25) is 0 Å². The maximum absolute atomic E-state index is 11.3. The summed E-state index contributed by atoms with van der Waals surface area (Å²) >= 11 is 0. The predicted octanol–water partition coefficient (Wildman–Crippen LogP) is 1.09. The van der Waals surface area contributed by atoms with Gasteiger partial charge >= 0.3 is 5.97 Å². The molecule has 0 radical (unpaired) electrons. The van der Waals surface area contributed by atoms with Gasteiger partial charge in [-0.25, -0.2) is 9.79 Å². The summed E-state index contributed by atoms with van der Waals surface area (Å²) in [5, 5.41) is 0. The van der Waals surface area contributed by atoms with Crippen LogP contribution >= 0.6 is 0 Å². The Kier molecular flexibility index (Phi) is 3.79. The van der Waals surface area contributed by atoms with Crippen molar-refractivity contribution in [2.45, 2.75) is 0 Å². The van der Waals surface area contributed by atoms with Crippen LogP contribution in [-0.4, -0.2) is 43.4 Å². The number of carbonyl (C=O) groups is 1. The van der Waals surface area contributed by atoms with Gasteiger partial charge in [0.25, 0.3) is 0 Å². The zero-order chi connectivity index (χ0) is 11.3. The molecular weight excluding hydrogens is 194 g/mol. The molecule has 0 aliphatic heterocycles. The predicted molar refractivity (Wildman–Crippen MR) is 57.4 cm³/mol. The molecule has 0 saturated heterocycles. The average molecular weight is 207 g/mol. The van der Waals surface area contributed by atoms with E-state index in [2.05, 4.69) is 14.7 Å². The van der Waals surface area contributed by atoms with Gasteiger partial charge in [-0.2, -0.15) is 0 Å². The van der Waals surface area contributed by atoms with Crippen molar-refractivity contribution in [2.24, 2.45) is 4.99 Å². The van der Waals surface area contributed by atoms with Crippen molar-refractivity contribution >= 4 is 18.0 Å². The third-order valence-corrected chi connectivity index (χ3v) is 1.63. The number of aromatic nitrogens is 1. The number of ether oxygens (including phenoxy) is 1. The third-order valence-electron chi connectivity index (χ3n) is 1.63. The number of methoxy groups -OCH3 is 1. The summed E-state index contributed by atoms with van der Waals surface area (Å²) in [6.07, 6.45) is 4.63. The van der Waals surface area contributed by atoms with Crippen LogP contribution in [0.15, 0.2) is 23.5 Å². The highest BCUT2D eigenvalue weighted by Gasteiger charge is 2.10. The van der Waals surface area contributed by atoms with E-state index < -0.39 is 5.97 Å². The number of hydrogen-bond acceptors (Lipinski definition) is 4. The molecule has 0 atom stereocenters. The molecule has 0 N–H and O–H groups in total. The number of rotatable bonds is 3. The van der Waals surface area contributed by atoms with Crippen molar-refractivity contribution in [1.82, 2.24) is 9.88 Å². The fourth-order valence-electron chi connectivity index (χ4n) is 0.945. The minimum Gasteiger partial charge on any atom is -0.465 e. The van der Waals surface area contributed by atoms with E-state index in [1.165, 1.54) is 13.3 Å². The molecule has 5 heteroatoms. The first kappa shape index (κ1) is 11.2. The molecule has 0 amide bonds. The summed E-state index contributed by atoms with van der Waals surface area (Å²) in [7, 11) is 5.03. The van der Waals surface area contributed by atoms with Gasteiger partial charge in [0.15, 0.2) is 0 Å². The van der Waals surface area contributed by atoms with Crippen LogP contribution in [0.1, 0.15) is 10.4 Å². The second-order valence-corrected chi connectivity index (χ2v) is 3.09. The quantitative estimate of drug-likeness (QED) is 0.423. The van der Waals surface area contributed by atoms with Crippen molar-refractivity contribution in [3.05, 3.63) is 24.0 Å². The lowest BCUT2D eigenvalue weighted by molar-refractivity contribution is 0.0601. The largest absolute Gasteiger partial charge is 0.465 e. The van der Waals surface area contributed by atoms with Crippen molar-refractivity contribution in [1.29, 1.82) is 0 Å². The van der Waals surface area contributed by atoms with Crippen LogP contribution < -0.4 is 0 Å². The van der Waals surface area contributed by atoms with Gasteiger partial charge in [0.1, 0.15) is 5.56 Å². The number of hydrogen-bond donors (Lipinski definition) is 0. The summed E-state index contributed by atoms with van der Waals surface area (Å²) in [6, 6.07) is 1.66. The normalized spacial score (nSPS) is 10.3. The Morgan fingerprint density at radius 2 is 2.33 bits per heavy atom. The van der Waals surface area contributed by atoms with Crippen molar-refractivity contribution in [3.8, 4) is 0 Å². The molecular formula is C10H13N3O2. The minimum atomic E-state index is -0.436. The first-order chi connectivity index (χ1) is 7.15. The molecule has 0 aliphatic carbocycles. The number of nitrogens with zero attached hydrogens (tertiary/aromatic N) is 3. The summed E-state index contributed by atoms with van der Waals surface area (Å²) < 4.78 is 4.62. The van der Waals surface area contributed by atoms with Crippen LogP contribution in [0.5, 0.6) is 0 Å². The van der Waals surface area contributed by atoms with E-state index in [-0.39, 0.29) is 0 Å². The lowest BCUT2D eigenvalue weighted by atomic mass is 10.2. The third kappa shape index (κ3) is 3.05. The second-order valence-electron chi connectivity index (χ2n) is 3.09. The van der Waals surface area contributed by atoms with Gasteiger partial charge in [0, 0.05) is 26.5 Å². The Labute approximate surface area is 88.4 Å². The van der Waals surface area contributed by atoms with Crippen LogP contribution in [0.3, 0.4) is 0 Å². The van der Waals surface area contributed by atoms with E-state index in [4.69, 9.17) is 0 Å². The fourth-order valence-corrected chi connectivity index (χ4v) is 0.945. The maximum Gasteiger partial charge on any atom is 0.341 e. The lowest BCUT2D eigenvalue weighted by Crippen LogP contribution is -2.08. The lowest BCUT2D eigenvalue weighted by Gasteiger charge is -2.05. The number of pyridine rings is 1. The van der Waals surface area contributed by atoms with E-state index in [0.29, 0.717) is 11.3 Å². The number of carbonyl (C=O) groups excluding carboxylic acids is 1. The monoisotopic (exact) mass is 207 g/mol. The standard InChI is InChI=1S/C10H13N3O2/c1-13(2)7-12-9-4-5-11-6-8(9)10(14)15-3/h4-7H,1-3H3. The average Bonchev–Trinajstić information content (AvgIpc) is 2.25. The van der Waals surface area contributed by atoms with Gasteiger partial charge in [-0.15, -0.1) is 0 Å². The molecule has 1 aromatic heterocycles. The molecule has 15 heavy (non-hydrogen) atoms. The first-order valence-corrected chi connectivity index (χ1v) is 4.38. The van der Waals surface area contributed by atoms with E-state index in [1.807, 2.05) is 14.1 Å². The highest BCUT2D eigenvalue weighted by Crippen LogP contribution is 2.17. The van der Waals surface area contributed by atoms with Crippen LogP contribution in [0.25, 0.3) is 0 Å². The molecule has 0 fully saturated rings. The molecule has 0 saturated carbocycles. The minimum absolute atomic E-state index is 0.359. The van der Waals surface area contributed by atoms with Crippen LogP contribution in [0, 0.1) is 0 Å². The number of aliphatic imine (C=N–C) groups is 1. The van der Waals surface area contributed by atoms with Crippen LogP contribution in [0.4, 0.5) is 5.69 Å². The molecule has 1 heterocycles. The molecule has 1 rings (SSSR count). The van der Waals surface area contributed by atoms with Crippen LogP contribution in [-0.2, 0) is 4.74 Å². The Bertz CT molecular complexity index is 375. The number of esters is 1. The van der Waals surface area contributed by atoms with Crippen molar-refractivity contribution < 1.29 is 9.53 Å². The molecule has 80 valence electrons. The maximum atomic E-state index is 11.3. The van der Waals surface area contributed by atoms with E-state index in [1.54, 1.807) is 23.5 Å². The molecule has 0 unspecified atom stereocenters. The summed E-state index contributed by atoms with van der Waals surface area (Å²) in [6.45, 7) is 0. The molecule has 0 aliphatic rings. The summed E-state index contributed by atoms with van der Waals surface area (Å²) in [5.74, 6) is -0.436. The fraction of sp³-hybridized carbons (Fsp3) is 0.300. The summed E-state index contributed by atoms with van der Waals surface area (Å²) in [4.78, 5) is 21.1. The van der Waals surface area contributed by atoms with Crippen molar-refractivity contribution in [2.75, 3.05) is 21.2 Å². The van der Waals surface area contributed by atoms with Gasteiger partial charge in [-0.05, 0) is 6.07 Å². The Hall–Kier alpha value is -1.91. The molecule has 5 nitrogen and oxygen atoms in total. The van der Waals surface area contributed by atoms with Crippen LogP contribution in [0.2, 0.25) is 0 Å². The molecule has 0 bridgehead atoms. The second kappa shape index (κ2) is 5.09.